The molecular formula is C14H26N2O. The number of fused-ring (bicyclic) bond motifs is 2. The van der Waals surface area contributed by atoms with Crippen LogP contribution in [-0.4, -0.2) is 42.3 Å². The van der Waals surface area contributed by atoms with Crippen LogP contribution in [0.1, 0.15) is 39.5 Å². The van der Waals surface area contributed by atoms with E-state index in [9.17, 15) is 0 Å². The highest BCUT2D eigenvalue weighted by Gasteiger charge is 2.42. The Balaban J connectivity index is 1.70. The molecule has 2 heterocycles. The van der Waals surface area contributed by atoms with Crippen LogP contribution >= 0.6 is 0 Å². The van der Waals surface area contributed by atoms with Gasteiger partial charge in [0.05, 0.1) is 12.2 Å². The highest BCUT2D eigenvalue weighted by atomic mass is 16.5. The van der Waals surface area contributed by atoms with Gasteiger partial charge in [0.1, 0.15) is 0 Å². The summed E-state index contributed by atoms with van der Waals surface area (Å²) in [4.78, 5) is 2.65. The zero-order chi connectivity index (χ0) is 12.0. The fourth-order valence-corrected chi connectivity index (χ4v) is 4.42. The SMILES string of the molecule is CC1CC(C)C(N2CC3CCC(C2)O3)C(N)C1. The van der Waals surface area contributed by atoms with Crippen LogP contribution in [0.3, 0.4) is 0 Å². The van der Waals surface area contributed by atoms with Crippen LogP contribution in [0.25, 0.3) is 0 Å². The topological polar surface area (TPSA) is 38.5 Å². The van der Waals surface area contributed by atoms with Crippen LogP contribution in [-0.2, 0) is 4.74 Å². The Hall–Kier alpha value is -0.120. The van der Waals surface area contributed by atoms with E-state index >= 15 is 0 Å². The molecule has 0 aromatic heterocycles. The molecule has 0 aromatic carbocycles. The van der Waals surface area contributed by atoms with Crippen molar-refractivity contribution in [3.05, 3.63) is 0 Å². The maximum absolute atomic E-state index is 6.42. The average Bonchev–Trinajstić information content (AvgIpc) is 2.56. The van der Waals surface area contributed by atoms with Gasteiger partial charge in [-0.3, -0.25) is 4.90 Å². The Morgan fingerprint density at radius 1 is 1.06 bits per heavy atom. The molecule has 0 spiro atoms. The molecule has 1 aliphatic carbocycles. The second kappa shape index (κ2) is 4.52. The maximum Gasteiger partial charge on any atom is 0.0707 e. The molecule has 2 saturated heterocycles. The van der Waals surface area contributed by atoms with Crippen molar-refractivity contribution in [3.63, 3.8) is 0 Å². The number of nitrogens with zero attached hydrogens (tertiary/aromatic N) is 1. The Kier molecular flexibility index (Phi) is 3.18. The van der Waals surface area contributed by atoms with Crippen LogP contribution in [0.4, 0.5) is 0 Å². The van der Waals surface area contributed by atoms with Crippen LogP contribution in [0.15, 0.2) is 0 Å². The molecule has 6 unspecified atom stereocenters. The number of ether oxygens (including phenoxy) is 1. The van der Waals surface area contributed by atoms with Gasteiger partial charge >= 0.3 is 0 Å². The maximum atomic E-state index is 6.42. The first kappa shape index (κ1) is 11.9. The summed E-state index contributed by atoms with van der Waals surface area (Å²) in [6, 6.07) is 0.962. The van der Waals surface area contributed by atoms with Crippen molar-refractivity contribution < 1.29 is 4.74 Å². The number of hydrogen-bond acceptors (Lipinski definition) is 3. The molecular weight excluding hydrogens is 212 g/mol. The molecule has 3 nitrogen and oxygen atoms in total. The zero-order valence-corrected chi connectivity index (χ0v) is 11.1. The predicted octanol–water partition coefficient (Wildman–Crippen LogP) is 1.61. The normalized spacial score (nSPS) is 51.7. The molecule has 0 amide bonds. The van der Waals surface area contributed by atoms with Crippen LogP contribution in [0, 0.1) is 11.8 Å². The van der Waals surface area contributed by atoms with Gasteiger partial charge in [-0.15, -0.1) is 0 Å². The van der Waals surface area contributed by atoms with E-state index < -0.39 is 0 Å². The molecule has 6 atom stereocenters. The van der Waals surface area contributed by atoms with Gasteiger partial charge < -0.3 is 10.5 Å². The van der Waals surface area contributed by atoms with E-state index in [4.69, 9.17) is 10.5 Å². The lowest BCUT2D eigenvalue weighted by molar-refractivity contribution is -0.0711. The fourth-order valence-electron chi connectivity index (χ4n) is 4.42. The minimum Gasteiger partial charge on any atom is -0.372 e. The summed E-state index contributed by atoms with van der Waals surface area (Å²) in [5.41, 5.74) is 6.42. The van der Waals surface area contributed by atoms with Crippen molar-refractivity contribution in [1.82, 2.24) is 4.90 Å². The van der Waals surface area contributed by atoms with Crippen LogP contribution < -0.4 is 5.73 Å². The highest BCUT2D eigenvalue weighted by Crippen LogP contribution is 2.35. The van der Waals surface area contributed by atoms with Crippen molar-refractivity contribution in [2.24, 2.45) is 17.6 Å². The third-order valence-corrected chi connectivity index (χ3v) is 4.96. The lowest BCUT2D eigenvalue weighted by Crippen LogP contribution is -2.59. The van der Waals surface area contributed by atoms with Crippen LogP contribution in [0.2, 0.25) is 0 Å². The first-order valence-electron chi connectivity index (χ1n) is 7.28. The van der Waals surface area contributed by atoms with E-state index in [-0.39, 0.29) is 0 Å². The summed E-state index contributed by atoms with van der Waals surface area (Å²) in [5.74, 6) is 1.54. The standard InChI is InChI=1S/C14H26N2O/c1-9-5-10(2)14(13(15)6-9)16-7-11-3-4-12(8-16)17-11/h9-14H,3-8,15H2,1-2H3. The molecule has 2 aliphatic heterocycles. The van der Waals surface area contributed by atoms with Crippen molar-refractivity contribution in [1.29, 1.82) is 0 Å². The second-order valence-corrected chi connectivity index (χ2v) is 6.62. The molecule has 3 heteroatoms. The van der Waals surface area contributed by atoms with Gasteiger partial charge in [-0.05, 0) is 37.5 Å². The number of hydrogen-bond donors (Lipinski definition) is 1. The molecule has 2 N–H and O–H groups in total. The van der Waals surface area contributed by atoms with Crippen molar-refractivity contribution in [2.45, 2.75) is 63.8 Å². The van der Waals surface area contributed by atoms with E-state index in [0.717, 1.165) is 24.9 Å². The highest BCUT2D eigenvalue weighted by molar-refractivity contribution is 4.96. The first-order chi connectivity index (χ1) is 8.13. The quantitative estimate of drug-likeness (QED) is 0.754. The smallest absolute Gasteiger partial charge is 0.0707 e. The number of rotatable bonds is 1. The Morgan fingerprint density at radius 3 is 2.29 bits per heavy atom. The third kappa shape index (κ3) is 2.25. The fraction of sp³-hybridized carbons (Fsp3) is 1.00. The largest absolute Gasteiger partial charge is 0.372 e. The molecule has 3 aliphatic rings. The van der Waals surface area contributed by atoms with Gasteiger partial charge in [-0.25, -0.2) is 0 Å². The minimum atomic E-state index is 0.367. The molecule has 2 bridgehead atoms. The minimum absolute atomic E-state index is 0.367. The number of nitrogens with two attached hydrogens (primary N) is 1. The Morgan fingerprint density at radius 2 is 1.71 bits per heavy atom. The van der Waals surface area contributed by atoms with Gasteiger partial charge in [0.2, 0.25) is 0 Å². The lowest BCUT2D eigenvalue weighted by atomic mass is 9.76. The summed E-state index contributed by atoms with van der Waals surface area (Å²) < 4.78 is 5.93. The van der Waals surface area contributed by atoms with E-state index in [1.807, 2.05) is 0 Å². The first-order valence-corrected chi connectivity index (χ1v) is 7.28. The lowest BCUT2D eigenvalue weighted by Gasteiger charge is -2.47. The number of morpholine rings is 1. The van der Waals surface area contributed by atoms with E-state index in [0.29, 0.717) is 24.3 Å². The molecule has 0 radical (unpaired) electrons. The zero-order valence-electron chi connectivity index (χ0n) is 11.1. The van der Waals surface area contributed by atoms with Gasteiger partial charge in [-0.1, -0.05) is 13.8 Å². The summed E-state index contributed by atoms with van der Waals surface area (Å²) in [6.45, 7) is 6.97. The van der Waals surface area contributed by atoms with Crippen molar-refractivity contribution in [3.8, 4) is 0 Å². The van der Waals surface area contributed by atoms with Crippen molar-refractivity contribution >= 4 is 0 Å². The predicted molar refractivity (Wildman–Crippen MR) is 68.8 cm³/mol. The molecule has 3 rings (SSSR count). The van der Waals surface area contributed by atoms with Gasteiger partial charge in [0.15, 0.2) is 0 Å². The Bertz CT molecular complexity index is 259. The Labute approximate surface area is 105 Å². The van der Waals surface area contributed by atoms with Gasteiger partial charge in [-0.2, -0.15) is 0 Å². The summed E-state index contributed by atoms with van der Waals surface area (Å²) >= 11 is 0. The number of likely N-dealkylation sites (tertiary alicyclic amines) is 1. The van der Waals surface area contributed by atoms with E-state index in [1.54, 1.807) is 0 Å². The summed E-state index contributed by atoms with van der Waals surface area (Å²) in [7, 11) is 0. The molecule has 0 aromatic rings. The van der Waals surface area contributed by atoms with Crippen molar-refractivity contribution in [2.75, 3.05) is 13.1 Å². The summed E-state index contributed by atoms with van der Waals surface area (Å²) in [5, 5.41) is 0. The molecule has 1 saturated carbocycles. The monoisotopic (exact) mass is 238 g/mol. The second-order valence-electron chi connectivity index (χ2n) is 6.62. The van der Waals surface area contributed by atoms with Gasteiger partial charge in [0, 0.05) is 25.2 Å². The molecule has 3 fully saturated rings. The van der Waals surface area contributed by atoms with E-state index in [2.05, 4.69) is 18.7 Å². The third-order valence-electron chi connectivity index (χ3n) is 4.96. The molecule has 17 heavy (non-hydrogen) atoms. The van der Waals surface area contributed by atoms with E-state index in [1.165, 1.54) is 25.7 Å². The van der Waals surface area contributed by atoms with Crippen LogP contribution in [0.5, 0.6) is 0 Å². The molecule has 98 valence electrons. The summed E-state index contributed by atoms with van der Waals surface area (Å²) in [6.07, 6.45) is 6.04. The average molecular weight is 238 g/mol. The van der Waals surface area contributed by atoms with Gasteiger partial charge in [0.25, 0.3) is 0 Å².